The minimum atomic E-state index is -0.749. The summed E-state index contributed by atoms with van der Waals surface area (Å²) in [4.78, 5) is 95.4. The highest BCUT2D eigenvalue weighted by Crippen LogP contribution is 2.41. The number of nitrogens with one attached hydrogen (secondary N) is 3. The number of nitrogens with zero attached hydrogens (tertiary/aromatic N) is 25. The van der Waals surface area contributed by atoms with Crippen molar-refractivity contribution < 1.29 is 62.1 Å². The Balaban J connectivity index is 0.000000132. The lowest BCUT2D eigenvalue weighted by atomic mass is 10.1. The molecule has 19 aromatic rings. The molecule has 41 heteroatoms. The molecule has 3 amide bonds. The summed E-state index contributed by atoms with van der Waals surface area (Å²) in [6, 6.07) is 52.3. The predicted molar refractivity (Wildman–Crippen MR) is 548 cm³/mol. The second kappa shape index (κ2) is 45.0. The zero-order valence-corrected chi connectivity index (χ0v) is 81.4. The first-order valence-corrected chi connectivity index (χ1v) is 45.4. The number of carbonyl (C=O) groups is 3. The minimum Gasteiger partial charge on any atom is -0.497 e. The number of alkyl carbamates (subject to hydrolysis) is 1. The topological polar surface area (TPSA) is 434 Å². The van der Waals surface area contributed by atoms with Crippen LogP contribution >= 0.6 is 0 Å². The van der Waals surface area contributed by atoms with E-state index in [2.05, 4.69) is 76.3 Å². The van der Waals surface area contributed by atoms with E-state index in [9.17, 15) is 19.5 Å². The second-order valence-corrected chi connectivity index (χ2v) is 33.1. The molecule has 145 heavy (non-hydrogen) atoms. The smallest absolute Gasteiger partial charge is 0.407 e. The first-order chi connectivity index (χ1) is 70.5. The predicted octanol–water partition coefficient (Wildman–Crippen LogP) is 14.9. The molecule has 1 aliphatic rings. The molecule has 0 spiro atoms. The average Bonchev–Trinajstić information content (AvgIpc) is 1.33. The van der Waals surface area contributed by atoms with Crippen LogP contribution in [0.15, 0.2) is 275 Å². The molecule has 20 rings (SSSR count). The lowest BCUT2D eigenvalue weighted by molar-refractivity contribution is -0.115. The van der Waals surface area contributed by atoms with Crippen LogP contribution in [0, 0.1) is 6.92 Å². The summed E-state index contributed by atoms with van der Waals surface area (Å²) in [6.45, 7) is 3.32. The third-order valence-electron chi connectivity index (χ3n) is 23.2. The van der Waals surface area contributed by atoms with Crippen LogP contribution in [0.4, 0.5) is 61.7 Å². The Morgan fingerprint density at radius 1 is 0.393 bits per heavy atom. The van der Waals surface area contributed by atoms with Crippen molar-refractivity contribution in [2.24, 2.45) is 28.2 Å². The molecule has 4 N–H and O–H groups in total. The van der Waals surface area contributed by atoms with Crippen LogP contribution in [-0.2, 0) is 49.1 Å². The van der Waals surface area contributed by atoms with Crippen molar-refractivity contribution in [3.8, 4) is 91.0 Å². The third-order valence-corrected chi connectivity index (χ3v) is 23.2. The number of methoxy groups -OCH3 is 8. The van der Waals surface area contributed by atoms with Gasteiger partial charge in [0.05, 0.1) is 218 Å². The van der Waals surface area contributed by atoms with E-state index >= 15 is 0 Å². The molecule has 2 atom stereocenters. The molecule has 0 saturated carbocycles. The van der Waals surface area contributed by atoms with Crippen molar-refractivity contribution >= 4 is 119 Å². The van der Waals surface area contributed by atoms with Gasteiger partial charge in [-0.1, -0.05) is 0 Å². The number of aliphatic hydroxyl groups excluding tert-OH is 1. The van der Waals surface area contributed by atoms with Gasteiger partial charge in [0.25, 0.3) is 0 Å². The van der Waals surface area contributed by atoms with E-state index in [0.717, 1.165) is 112 Å². The first kappa shape index (κ1) is 97.8. The molecule has 2 unspecified atom stereocenters. The van der Waals surface area contributed by atoms with Gasteiger partial charge >= 0.3 is 6.09 Å². The van der Waals surface area contributed by atoms with Gasteiger partial charge in [0.15, 0.2) is 0 Å². The van der Waals surface area contributed by atoms with Crippen molar-refractivity contribution in [2.75, 3.05) is 120 Å². The molecule has 0 radical (unpaired) electrons. The Morgan fingerprint density at radius 2 is 0.738 bits per heavy atom. The molecule has 11 aromatic heterocycles. The summed E-state index contributed by atoms with van der Waals surface area (Å²) in [5, 5.41) is 40.7. The average molecular weight is 1950 g/mol. The fraction of sp³-hybridized carbons (Fsp3) is 0.202. The number of amides is 3. The molecular formula is C104H102N28O13. The number of benzene rings is 8. The highest BCUT2D eigenvalue weighted by atomic mass is 16.6. The first-order valence-electron chi connectivity index (χ1n) is 45.4. The van der Waals surface area contributed by atoms with Crippen molar-refractivity contribution in [1.82, 2.24) is 109 Å². The molecule has 0 aliphatic carbocycles. The van der Waals surface area contributed by atoms with Crippen LogP contribution in [0.25, 0.3) is 89.2 Å². The van der Waals surface area contributed by atoms with Crippen molar-refractivity contribution in [1.29, 1.82) is 0 Å². The van der Waals surface area contributed by atoms with Crippen LogP contribution in [0.1, 0.15) is 5.82 Å². The number of cyclic esters (lactones) is 1. The summed E-state index contributed by atoms with van der Waals surface area (Å²) in [5.74, 6) is 5.31. The van der Waals surface area contributed by atoms with Crippen LogP contribution in [0.2, 0.25) is 0 Å². The number of anilines is 10. The molecule has 41 nitrogen and oxygen atoms in total. The number of aliphatic hydroxyl groups is 1. The fourth-order valence-corrected chi connectivity index (χ4v) is 15.9. The largest absolute Gasteiger partial charge is 0.497 e. The Bertz CT molecular complexity index is 7480. The molecule has 1 fully saturated rings. The summed E-state index contributed by atoms with van der Waals surface area (Å²) in [6.07, 6.45) is 28.0. The number of aryl methyl sites for hydroxylation is 5. The van der Waals surface area contributed by atoms with E-state index in [1.54, 1.807) is 191 Å². The maximum absolute atomic E-state index is 13.1. The maximum Gasteiger partial charge on any atom is 0.407 e. The van der Waals surface area contributed by atoms with Crippen LogP contribution in [0.3, 0.4) is 0 Å². The summed E-state index contributed by atoms with van der Waals surface area (Å²) >= 11 is 0. The zero-order valence-electron chi connectivity index (χ0n) is 81.4. The molecule has 736 valence electrons. The van der Waals surface area contributed by atoms with E-state index in [4.69, 9.17) is 62.6 Å². The third kappa shape index (κ3) is 24.2. The summed E-state index contributed by atoms with van der Waals surface area (Å²) in [5.41, 5.74) is 19.8. The molecule has 1 aliphatic heterocycles. The van der Waals surface area contributed by atoms with Gasteiger partial charge < -0.3 is 83.3 Å². The normalized spacial score (nSPS) is 12.1. The summed E-state index contributed by atoms with van der Waals surface area (Å²) < 4.78 is 57.9. The van der Waals surface area contributed by atoms with Crippen LogP contribution in [0.5, 0.6) is 46.0 Å². The van der Waals surface area contributed by atoms with Gasteiger partial charge in [-0.2, -0.15) is 25.5 Å². The van der Waals surface area contributed by atoms with Gasteiger partial charge in [0.2, 0.25) is 11.8 Å². The number of ether oxygens (including phenoxy) is 9. The standard InChI is InChI=1S/2C27H25N7O3.C26H28N8O3.C24H24N6O4/c1-33-16-18(14-30-33)26-15-29-24-5-4-20(12-25(24)32-26)34(17-27(35)31-19-6-8-28-9-7-19)21-10-22(36-2)13-23(11-21)37-3;1-33-16-18(13-30-33)26-15-29-24-7-6-20(11-25(24)32-26)34(17-27(35)31-19-5-4-8-28-14-19)21-9-22(36-2)12-23(10-21)37-3;1-17-28-16-30-34(17)15-21(35)14-33(20-7-22(36-3)10-23(8-20)37-4)19-5-6-24-25(9-19)31-26(12-27-24)18-11-29-32(2)13-18;1-29-13-15(10-27-29)23-12-25-21-5-4-16(8-22(21)28-23)30(14-20-11-26-24(31)34-20)17-6-18(32-2)9-19(7-17)33-3/h4-16H,17H2,1-3H3,(H,28,31,35);4-16H,17H2,1-3H3,(H,31,35);5-13,16,21,35H,14-15H2,1-4H3;4-10,12-13,20H,11,14H2,1-3H3,(H,26,31). The number of rotatable bonds is 32. The van der Waals surface area contributed by atoms with Crippen molar-refractivity contribution in [2.45, 2.75) is 25.7 Å². The number of hydrogen-bond acceptors (Lipinski definition) is 33. The lowest BCUT2D eigenvalue weighted by Gasteiger charge is -2.28. The van der Waals surface area contributed by atoms with Crippen LogP contribution in [-0.4, -0.2) is 229 Å². The molecular weight excluding hydrogens is 1850 g/mol. The molecule has 0 bridgehead atoms. The van der Waals surface area contributed by atoms with Crippen LogP contribution < -0.4 is 73.4 Å². The van der Waals surface area contributed by atoms with Gasteiger partial charge in [0.1, 0.15) is 77.3 Å². The van der Waals surface area contributed by atoms with E-state index in [-0.39, 0.29) is 37.6 Å². The highest BCUT2D eigenvalue weighted by molar-refractivity contribution is 5.98. The van der Waals surface area contributed by atoms with Crippen molar-refractivity contribution in [3.05, 3.63) is 281 Å². The molecule has 8 aromatic carbocycles. The number of aromatic nitrogens is 21. The Kier molecular flexibility index (Phi) is 30.3. The van der Waals surface area contributed by atoms with Gasteiger partial charge in [-0.3, -0.25) is 58.2 Å². The quantitative estimate of drug-likeness (QED) is 0.0304. The van der Waals surface area contributed by atoms with E-state index < -0.39 is 12.2 Å². The summed E-state index contributed by atoms with van der Waals surface area (Å²) in [7, 11) is 20.2. The number of fused-ring (bicyclic) bond motifs is 4. The number of pyridine rings is 2. The second-order valence-electron chi connectivity index (χ2n) is 33.1. The number of carbonyl (C=O) groups excluding carboxylic acids is 3. The fourth-order valence-electron chi connectivity index (χ4n) is 15.9. The Morgan fingerprint density at radius 3 is 1.06 bits per heavy atom. The van der Waals surface area contributed by atoms with Crippen molar-refractivity contribution in [3.63, 3.8) is 0 Å². The molecule has 12 heterocycles. The molecule has 1 saturated heterocycles. The monoisotopic (exact) mass is 1950 g/mol. The number of hydrogen-bond donors (Lipinski definition) is 4. The van der Waals surface area contributed by atoms with Gasteiger partial charge in [-0.25, -0.2) is 34.4 Å². The lowest BCUT2D eigenvalue weighted by Crippen LogP contribution is -2.32. The minimum absolute atomic E-state index is 0.0203. The van der Waals surface area contributed by atoms with Gasteiger partial charge in [0, 0.05) is 218 Å². The SMILES string of the molecule is COc1cc(OC)cc(N(CC(=O)Nc2cccnc2)c2ccc3ncc(-c4cnn(C)c4)nc3c2)c1.COc1cc(OC)cc(N(CC(=O)Nc2ccncc2)c2ccc3ncc(-c4cnn(C)c4)nc3c2)c1.COc1cc(OC)cc(N(CC(O)Cn2ncnc2C)c2ccc3ncc(-c4cnn(C)c4)nc3c2)c1.COc1cc(OC)cc(N(CC2CNC(=O)O2)c2ccc3ncc(-c4cnn(C)c4)nc3c2)c1. The van der Waals surface area contributed by atoms with E-state index in [1.807, 2.05) is 213 Å². The van der Waals surface area contributed by atoms with Gasteiger partial charge in [-0.15, -0.1) is 0 Å². The zero-order chi connectivity index (χ0) is 101. The Labute approximate surface area is 831 Å². The Hall–Kier alpha value is -18.8. The highest BCUT2D eigenvalue weighted by Gasteiger charge is 2.29. The maximum atomic E-state index is 13.1. The van der Waals surface area contributed by atoms with Gasteiger partial charge in [-0.05, 0) is 104 Å². The van der Waals surface area contributed by atoms with E-state index in [1.165, 1.54) is 6.33 Å². The van der Waals surface area contributed by atoms with E-state index in [0.29, 0.717) is 105 Å².